The first kappa shape index (κ1) is 21.4. The monoisotopic (exact) mass is 477 g/mol. The van der Waals surface area contributed by atoms with Crippen LogP contribution in [0.15, 0.2) is 126 Å². The molecule has 0 aliphatic carbocycles. The molecule has 0 bridgehead atoms. The smallest absolute Gasteiger partial charge is 0.231 e. The molecule has 0 N–H and O–H groups in total. The minimum absolute atomic E-state index is 0.110. The number of ether oxygens (including phenoxy) is 1. The SMILES string of the molecule is Cc1ccc(-c2c(-c3ccccc3)c3c(=O)c(Oc4ccccc4)cc4cc5ccccc5n2c43)cc1. The number of benzene rings is 5. The van der Waals surface area contributed by atoms with Gasteiger partial charge in [-0.05, 0) is 53.8 Å². The predicted octanol–water partition coefficient (Wildman–Crippen LogP) is 8.48. The summed E-state index contributed by atoms with van der Waals surface area (Å²) in [6.45, 7) is 2.09. The standard InChI is InChI=1S/C34H23NO2/c1-22-16-18-24(19-17-22)32-30(23-10-4-2-5-11-23)31-33-26(20-25-12-8-9-15-28(25)35(32)33)21-29(34(31)36)37-27-13-6-3-7-14-27/h2-21H,1H3. The Morgan fingerprint density at radius 1 is 0.649 bits per heavy atom. The van der Waals surface area contributed by atoms with Gasteiger partial charge in [-0.3, -0.25) is 4.79 Å². The first-order valence-corrected chi connectivity index (χ1v) is 12.4. The molecule has 3 nitrogen and oxygen atoms in total. The van der Waals surface area contributed by atoms with Crippen molar-refractivity contribution in [3.05, 3.63) is 137 Å². The van der Waals surface area contributed by atoms with Crippen molar-refractivity contribution in [1.82, 2.24) is 4.40 Å². The van der Waals surface area contributed by atoms with Gasteiger partial charge in [-0.25, -0.2) is 0 Å². The number of aromatic nitrogens is 1. The normalized spacial score (nSPS) is 11.5. The zero-order chi connectivity index (χ0) is 24.9. The van der Waals surface area contributed by atoms with Crippen LogP contribution >= 0.6 is 0 Å². The summed E-state index contributed by atoms with van der Waals surface area (Å²) in [7, 11) is 0. The molecule has 0 saturated heterocycles. The molecule has 2 aromatic heterocycles. The molecule has 0 fully saturated rings. The molecule has 0 aliphatic rings. The molecule has 5 aromatic carbocycles. The van der Waals surface area contributed by atoms with E-state index in [2.05, 4.69) is 72.0 Å². The van der Waals surface area contributed by atoms with E-state index in [0.717, 1.165) is 44.2 Å². The fraction of sp³-hybridized carbons (Fsp3) is 0.0294. The molecule has 0 spiro atoms. The van der Waals surface area contributed by atoms with Crippen LogP contribution in [0.25, 0.3) is 49.6 Å². The lowest BCUT2D eigenvalue weighted by molar-refractivity contribution is 0.480. The minimum atomic E-state index is -0.110. The van der Waals surface area contributed by atoms with Crippen LogP contribution in [0.2, 0.25) is 0 Å². The topological polar surface area (TPSA) is 30.7 Å². The number of fused-ring (bicyclic) bond motifs is 2. The fourth-order valence-corrected chi connectivity index (χ4v) is 5.36. The van der Waals surface area contributed by atoms with Gasteiger partial charge in [0, 0.05) is 10.9 Å². The zero-order valence-electron chi connectivity index (χ0n) is 20.3. The third-order valence-corrected chi connectivity index (χ3v) is 7.03. The average molecular weight is 478 g/mol. The quantitative estimate of drug-likeness (QED) is 0.238. The summed E-state index contributed by atoms with van der Waals surface area (Å²) in [5, 5.41) is 2.75. The second-order valence-electron chi connectivity index (χ2n) is 9.43. The Morgan fingerprint density at radius 2 is 1.32 bits per heavy atom. The van der Waals surface area contributed by atoms with Gasteiger partial charge in [0.05, 0.1) is 22.1 Å². The minimum Gasteiger partial charge on any atom is -0.453 e. The molecule has 0 unspecified atom stereocenters. The molecular weight excluding hydrogens is 454 g/mol. The number of rotatable bonds is 4. The first-order valence-electron chi connectivity index (χ1n) is 12.4. The van der Waals surface area contributed by atoms with Crippen molar-refractivity contribution in [1.29, 1.82) is 0 Å². The van der Waals surface area contributed by atoms with E-state index in [1.54, 1.807) is 0 Å². The Balaban J connectivity index is 1.70. The number of aryl methyl sites for hydroxylation is 1. The highest BCUT2D eigenvalue weighted by Gasteiger charge is 2.25. The summed E-state index contributed by atoms with van der Waals surface area (Å²) in [5.74, 6) is 0.968. The first-order chi connectivity index (χ1) is 18.2. The van der Waals surface area contributed by atoms with Gasteiger partial charge in [0.2, 0.25) is 5.43 Å². The van der Waals surface area contributed by atoms with Gasteiger partial charge in [-0.2, -0.15) is 0 Å². The molecule has 0 aliphatic heterocycles. The van der Waals surface area contributed by atoms with Crippen molar-refractivity contribution < 1.29 is 4.74 Å². The fourth-order valence-electron chi connectivity index (χ4n) is 5.36. The van der Waals surface area contributed by atoms with E-state index in [1.807, 2.05) is 60.7 Å². The van der Waals surface area contributed by atoms with Gasteiger partial charge in [-0.1, -0.05) is 96.6 Å². The summed E-state index contributed by atoms with van der Waals surface area (Å²) in [5.41, 5.74) is 7.06. The summed E-state index contributed by atoms with van der Waals surface area (Å²) < 4.78 is 8.46. The van der Waals surface area contributed by atoms with Crippen molar-refractivity contribution >= 4 is 27.2 Å². The van der Waals surface area contributed by atoms with Crippen LogP contribution in [0.5, 0.6) is 11.5 Å². The van der Waals surface area contributed by atoms with Gasteiger partial charge in [0.15, 0.2) is 5.75 Å². The number of hydrogen-bond donors (Lipinski definition) is 0. The Labute approximate surface area is 214 Å². The maximum absolute atomic E-state index is 14.2. The van der Waals surface area contributed by atoms with E-state index < -0.39 is 0 Å². The van der Waals surface area contributed by atoms with Gasteiger partial charge < -0.3 is 9.14 Å². The van der Waals surface area contributed by atoms with Crippen molar-refractivity contribution in [3.63, 3.8) is 0 Å². The third kappa shape index (κ3) is 3.40. The van der Waals surface area contributed by atoms with Crippen LogP contribution < -0.4 is 10.2 Å². The van der Waals surface area contributed by atoms with E-state index in [4.69, 9.17) is 4.74 Å². The second-order valence-corrected chi connectivity index (χ2v) is 9.43. The Kier molecular flexibility index (Phi) is 4.83. The Morgan fingerprint density at radius 3 is 2.08 bits per heavy atom. The van der Waals surface area contributed by atoms with Crippen molar-refractivity contribution in [2.45, 2.75) is 6.92 Å². The molecule has 3 heteroatoms. The van der Waals surface area contributed by atoms with Gasteiger partial charge in [0.1, 0.15) is 5.75 Å². The zero-order valence-corrected chi connectivity index (χ0v) is 20.3. The molecule has 0 saturated carbocycles. The molecule has 7 rings (SSSR count). The molecule has 37 heavy (non-hydrogen) atoms. The highest BCUT2D eigenvalue weighted by molar-refractivity contribution is 6.14. The highest BCUT2D eigenvalue weighted by atomic mass is 16.5. The molecule has 176 valence electrons. The lowest BCUT2D eigenvalue weighted by atomic mass is 9.97. The molecule has 0 radical (unpaired) electrons. The van der Waals surface area contributed by atoms with Crippen LogP contribution in [0, 0.1) is 6.92 Å². The van der Waals surface area contributed by atoms with Crippen LogP contribution in [0.4, 0.5) is 0 Å². The van der Waals surface area contributed by atoms with Crippen LogP contribution in [0.1, 0.15) is 5.56 Å². The number of para-hydroxylation sites is 2. The maximum Gasteiger partial charge on any atom is 0.231 e. The van der Waals surface area contributed by atoms with Crippen LogP contribution in [0.3, 0.4) is 0 Å². The molecular formula is C34H23NO2. The Bertz CT molecular complexity index is 1950. The predicted molar refractivity (Wildman–Crippen MR) is 152 cm³/mol. The Hall–Kier alpha value is -4.89. The van der Waals surface area contributed by atoms with E-state index in [0.29, 0.717) is 16.9 Å². The number of pyridine rings is 1. The lowest BCUT2D eigenvalue weighted by Crippen LogP contribution is -2.06. The molecule has 0 atom stereocenters. The number of nitrogens with zero attached hydrogens (tertiary/aromatic N) is 1. The van der Waals surface area contributed by atoms with Crippen molar-refractivity contribution in [2.24, 2.45) is 0 Å². The van der Waals surface area contributed by atoms with E-state index in [-0.39, 0.29) is 5.43 Å². The van der Waals surface area contributed by atoms with Crippen LogP contribution in [-0.4, -0.2) is 4.40 Å². The van der Waals surface area contributed by atoms with Crippen molar-refractivity contribution in [2.75, 3.05) is 0 Å². The van der Waals surface area contributed by atoms with Gasteiger partial charge >= 0.3 is 0 Å². The van der Waals surface area contributed by atoms with Gasteiger partial charge in [0.25, 0.3) is 0 Å². The largest absolute Gasteiger partial charge is 0.453 e. The maximum atomic E-state index is 14.2. The van der Waals surface area contributed by atoms with E-state index in [1.165, 1.54) is 5.56 Å². The average Bonchev–Trinajstić information content (AvgIpc) is 3.30. The summed E-state index contributed by atoms with van der Waals surface area (Å²) in [4.78, 5) is 14.2. The summed E-state index contributed by atoms with van der Waals surface area (Å²) in [6, 6.07) is 40.6. The molecule has 2 heterocycles. The lowest BCUT2D eigenvalue weighted by Gasteiger charge is -2.12. The summed E-state index contributed by atoms with van der Waals surface area (Å²) >= 11 is 0. The molecule has 7 aromatic rings. The summed E-state index contributed by atoms with van der Waals surface area (Å²) in [6.07, 6.45) is 0. The number of hydrogen-bond acceptors (Lipinski definition) is 2. The van der Waals surface area contributed by atoms with Gasteiger partial charge in [-0.15, -0.1) is 0 Å². The van der Waals surface area contributed by atoms with Crippen LogP contribution in [-0.2, 0) is 0 Å². The third-order valence-electron chi connectivity index (χ3n) is 7.03. The van der Waals surface area contributed by atoms with E-state index >= 15 is 0 Å². The second kappa shape index (κ2) is 8.35. The highest BCUT2D eigenvalue weighted by Crippen LogP contribution is 2.44. The molecule has 0 amide bonds. The van der Waals surface area contributed by atoms with Crippen molar-refractivity contribution in [3.8, 4) is 33.9 Å². The van der Waals surface area contributed by atoms with E-state index in [9.17, 15) is 4.79 Å².